The molecule has 0 spiro atoms. The van der Waals surface area contributed by atoms with Crippen molar-refractivity contribution in [1.29, 1.82) is 0 Å². The minimum atomic E-state index is -4.33. The standard InChI is InChI=1S/C34H36F4/c1-2-3-23-33(30-20-14-22-32(35)27-30,24-11-5-9-17-28-15-7-4-8-16-28)25-12-6-10-18-29-19-13-21-31(26-29)34(36,37)38/h2,4,7-8,11-16,19-22,24-27H,1,3,5-6,9-10,17-18,23H2. The predicted octanol–water partition coefficient (Wildman–Crippen LogP) is 10.2. The first-order chi connectivity index (χ1) is 18.3. The molecule has 3 aromatic rings. The topological polar surface area (TPSA) is 0 Å². The first kappa shape index (κ1) is 29.2. The van der Waals surface area contributed by atoms with Crippen LogP contribution in [0.25, 0.3) is 0 Å². The number of aryl methyl sites for hydroxylation is 2. The molecule has 4 heteroatoms. The van der Waals surface area contributed by atoms with Gasteiger partial charge >= 0.3 is 6.18 Å². The Morgan fingerprint density at radius 2 is 1.26 bits per heavy atom. The fourth-order valence-electron chi connectivity index (χ4n) is 4.66. The lowest BCUT2D eigenvalue weighted by Gasteiger charge is -2.28. The first-order valence-corrected chi connectivity index (χ1v) is 13.2. The van der Waals surface area contributed by atoms with Gasteiger partial charge in [-0.2, -0.15) is 13.2 Å². The summed E-state index contributed by atoms with van der Waals surface area (Å²) in [5.74, 6) is -0.277. The molecule has 0 saturated carbocycles. The molecule has 38 heavy (non-hydrogen) atoms. The summed E-state index contributed by atoms with van der Waals surface area (Å²) in [6, 6.07) is 22.6. The van der Waals surface area contributed by atoms with Gasteiger partial charge in [0, 0.05) is 5.41 Å². The van der Waals surface area contributed by atoms with E-state index in [1.165, 1.54) is 23.8 Å². The van der Waals surface area contributed by atoms with Gasteiger partial charge in [-0.05, 0) is 86.3 Å². The highest BCUT2D eigenvalue weighted by atomic mass is 19.4. The lowest BCUT2D eigenvalue weighted by Crippen LogP contribution is -2.21. The van der Waals surface area contributed by atoms with Gasteiger partial charge in [-0.25, -0.2) is 4.39 Å². The van der Waals surface area contributed by atoms with Gasteiger partial charge in [0.05, 0.1) is 5.56 Å². The lowest BCUT2D eigenvalue weighted by atomic mass is 9.75. The Morgan fingerprint density at radius 1 is 0.658 bits per heavy atom. The summed E-state index contributed by atoms with van der Waals surface area (Å²) in [5, 5.41) is 0. The maximum Gasteiger partial charge on any atom is 0.416 e. The summed E-state index contributed by atoms with van der Waals surface area (Å²) in [6.07, 6.45) is 12.5. The predicted molar refractivity (Wildman–Crippen MR) is 150 cm³/mol. The molecule has 0 bridgehead atoms. The second-order valence-electron chi connectivity index (χ2n) is 9.65. The number of benzene rings is 3. The van der Waals surface area contributed by atoms with Crippen molar-refractivity contribution in [3.05, 3.63) is 144 Å². The zero-order valence-electron chi connectivity index (χ0n) is 21.8. The van der Waals surface area contributed by atoms with Crippen molar-refractivity contribution >= 4 is 0 Å². The number of hydrogen-bond acceptors (Lipinski definition) is 0. The first-order valence-electron chi connectivity index (χ1n) is 13.2. The van der Waals surface area contributed by atoms with Gasteiger partial charge in [-0.15, -0.1) is 6.58 Å². The molecule has 200 valence electrons. The third-order valence-corrected chi connectivity index (χ3v) is 6.72. The number of allylic oxidation sites excluding steroid dienone is 5. The highest BCUT2D eigenvalue weighted by Gasteiger charge is 2.30. The van der Waals surface area contributed by atoms with Gasteiger partial charge in [-0.3, -0.25) is 0 Å². The molecule has 0 aromatic heterocycles. The van der Waals surface area contributed by atoms with Crippen molar-refractivity contribution in [2.75, 3.05) is 0 Å². The average Bonchev–Trinajstić information content (AvgIpc) is 2.91. The molecular formula is C34H36F4. The third kappa shape index (κ3) is 9.16. The Hall–Kier alpha value is -3.40. The van der Waals surface area contributed by atoms with E-state index in [4.69, 9.17) is 0 Å². The molecule has 0 heterocycles. The summed E-state index contributed by atoms with van der Waals surface area (Å²) in [6.45, 7) is 3.88. The van der Waals surface area contributed by atoms with Crippen LogP contribution in [-0.2, 0) is 24.4 Å². The largest absolute Gasteiger partial charge is 0.416 e. The molecule has 0 amide bonds. The van der Waals surface area contributed by atoms with Crippen LogP contribution in [0.4, 0.5) is 17.6 Å². The van der Waals surface area contributed by atoms with E-state index in [0.717, 1.165) is 50.2 Å². The van der Waals surface area contributed by atoms with Crippen LogP contribution in [0.1, 0.15) is 60.8 Å². The maximum atomic E-state index is 14.2. The van der Waals surface area contributed by atoms with Crippen molar-refractivity contribution in [3.8, 4) is 0 Å². The number of unbranched alkanes of at least 4 members (excludes halogenated alkanes) is 2. The van der Waals surface area contributed by atoms with Crippen molar-refractivity contribution in [2.45, 2.75) is 63.0 Å². The molecule has 0 aliphatic heterocycles. The molecule has 0 nitrogen and oxygen atoms in total. The summed E-state index contributed by atoms with van der Waals surface area (Å²) >= 11 is 0. The van der Waals surface area contributed by atoms with Gasteiger partial charge < -0.3 is 0 Å². The van der Waals surface area contributed by atoms with E-state index in [9.17, 15) is 17.6 Å². The van der Waals surface area contributed by atoms with E-state index in [1.807, 2.05) is 30.3 Å². The van der Waals surface area contributed by atoms with E-state index in [1.54, 1.807) is 18.2 Å². The molecule has 0 radical (unpaired) electrons. The highest BCUT2D eigenvalue weighted by molar-refractivity contribution is 5.37. The van der Waals surface area contributed by atoms with Gasteiger partial charge in [0.1, 0.15) is 5.82 Å². The van der Waals surface area contributed by atoms with Crippen LogP contribution in [0.15, 0.2) is 116 Å². The van der Waals surface area contributed by atoms with Crippen LogP contribution >= 0.6 is 0 Å². The van der Waals surface area contributed by atoms with Gasteiger partial charge in [0.25, 0.3) is 0 Å². The Morgan fingerprint density at radius 3 is 1.89 bits per heavy atom. The average molecular weight is 521 g/mol. The molecule has 0 aliphatic rings. The molecule has 1 atom stereocenters. The minimum absolute atomic E-state index is 0.277. The van der Waals surface area contributed by atoms with Crippen molar-refractivity contribution < 1.29 is 17.6 Å². The molecule has 3 rings (SSSR count). The number of rotatable bonds is 14. The van der Waals surface area contributed by atoms with Crippen LogP contribution in [-0.4, -0.2) is 0 Å². The fourth-order valence-corrected chi connectivity index (χ4v) is 4.66. The molecular weight excluding hydrogens is 484 g/mol. The summed E-state index contributed by atoms with van der Waals surface area (Å²) < 4.78 is 53.3. The van der Waals surface area contributed by atoms with Crippen molar-refractivity contribution in [3.63, 3.8) is 0 Å². The lowest BCUT2D eigenvalue weighted by molar-refractivity contribution is -0.137. The van der Waals surface area contributed by atoms with Crippen LogP contribution in [0.5, 0.6) is 0 Å². The molecule has 3 aromatic carbocycles. The fraction of sp³-hybridized carbons (Fsp3) is 0.294. The zero-order chi connectivity index (χ0) is 27.3. The van der Waals surface area contributed by atoms with Crippen LogP contribution < -0.4 is 0 Å². The Balaban J connectivity index is 1.71. The van der Waals surface area contributed by atoms with Gasteiger partial charge in [-0.1, -0.05) is 91.0 Å². The van der Waals surface area contributed by atoms with Gasteiger partial charge in [0.15, 0.2) is 0 Å². The number of hydrogen-bond donors (Lipinski definition) is 0. The number of halogens is 4. The van der Waals surface area contributed by atoms with E-state index in [-0.39, 0.29) is 5.82 Å². The summed E-state index contributed by atoms with van der Waals surface area (Å²) in [7, 11) is 0. The normalized spacial score (nSPS) is 13.7. The Bertz CT molecular complexity index is 1190. The second kappa shape index (κ2) is 14.5. The van der Waals surface area contributed by atoms with E-state index >= 15 is 0 Å². The van der Waals surface area contributed by atoms with Crippen molar-refractivity contribution in [2.24, 2.45) is 0 Å². The Kier molecular flexibility index (Phi) is 11.1. The van der Waals surface area contributed by atoms with Crippen LogP contribution in [0, 0.1) is 5.82 Å². The van der Waals surface area contributed by atoms with Gasteiger partial charge in [0.2, 0.25) is 0 Å². The van der Waals surface area contributed by atoms with Crippen LogP contribution in [0.2, 0.25) is 0 Å². The van der Waals surface area contributed by atoms with Crippen LogP contribution in [0.3, 0.4) is 0 Å². The maximum absolute atomic E-state index is 14.2. The molecule has 0 fully saturated rings. The quantitative estimate of drug-likeness (QED) is 0.113. The summed E-state index contributed by atoms with van der Waals surface area (Å²) in [5.41, 5.74) is 1.77. The number of alkyl halides is 3. The smallest absolute Gasteiger partial charge is 0.207 e. The minimum Gasteiger partial charge on any atom is -0.207 e. The molecule has 0 N–H and O–H groups in total. The zero-order valence-corrected chi connectivity index (χ0v) is 21.8. The monoisotopic (exact) mass is 520 g/mol. The second-order valence-corrected chi connectivity index (χ2v) is 9.65. The highest BCUT2D eigenvalue weighted by Crippen LogP contribution is 2.35. The molecule has 0 saturated heterocycles. The third-order valence-electron chi connectivity index (χ3n) is 6.72. The van der Waals surface area contributed by atoms with E-state index < -0.39 is 17.2 Å². The Labute approximate surface area is 224 Å². The van der Waals surface area contributed by atoms with Crippen molar-refractivity contribution in [1.82, 2.24) is 0 Å². The van der Waals surface area contributed by atoms with E-state index in [0.29, 0.717) is 18.4 Å². The summed E-state index contributed by atoms with van der Waals surface area (Å²) in [4.78, 5) is 0. The molecule has 0 aliphatic carbocycles. The van der Waals surface area contributed by atoms with E-state index in [2.05, 4.69) is 43.0 Å². The molecule has 1 unspecified atom stereocenters. The SMILES string of the molecule is C=CCCC(C=CCCCc1ccccc1)(C=CCCCc1cccc(C(F)(F)F)c1)c1cccc(F)c1.